The minimum Gasteiger partial charge on any atom is -0.444 e. The summed E-state index contributed by atoms with van der Waals surface area (Å²) in [6.07, 6.45) is 1.83. The first-order valence-electron chi connectivity index (χ1n) is 11.7. The van der Waals surface area contributed by atoms with Crippen molar-refractivity contribution < 1.29 is 22.7 Å². The fraction of sp³-hybridized carbons (Fsp3) is 0.826. The molecular formula is C23H36F3N3O2S. The summed E-state index contributed by atoms with van der Waals surface area (Å²) in [6, 6.07) is 0.202. The van der Waals surface area contributed by atoms with Crippen LogP contribution in [-0.2, 0) is 24.0 Å². The third-order valence-corrected chi connectivity index (χ3v) is 7.40. The topological polar surface area (TPSA) is 54.5 Å². The zero-order valence-electron chi connectivity index (χ0n) is 19.4. The van der Waals surface area contributed by atoms with E-state index >= 15 is 0 Å². The van der Waals surface area contributed by atoms with E-state index in [2.05, 4.69) is 15.2 Å². The highest BCUT2D eigenvalue weighted by Gasteiger charge is 2.28. The molecule has 1 fully saturated rings. The molecule has 1 aromatic rings. The Labute approximate surface area is 193 Å². The van der Waals surface area contributed by atoms with Gasteiger partial charge in [-0.3, -0.25) is 0 Å². The Hall–Kier alpha value is -1.35. The molecule has 1 aliphatic heterocycles. The van der Waals surface area contributed by atoms with Crippen LogP contribution >= 0.6 is 11.3 Å². The number of aryl methyl sites for hydroxylation is 1. The second-order valence-corrected chi connectivity index (χ2v) is 11.3. The zero-order chi connectivity index (χ0) is 23.4. The van der Waals surface area contributed by atoms with E-state index in [1.807, 2.05) is 20.8 Å². The minimum atomic E-state index is -4.12. The molecule has 1 saturated carbocycles. The van der Waals surface area contributed by atoms with E-state index in [1.165, 1.54) is 16.2 Å². The molecule has 182 valence electrons. The zero-order valence-corrected chi connectivity index (χ0v) is 20.2. The van der Waals surface area contributed by atoms with Crippen LogP contribution in [0, 0.1) is 5.92 Å². The van der Waals surface area contributed by atoms with Crippen molar-refractivity contribution in [3.8, 4) is 0 Å². The van der Waals surface area contributed by atoms with Gasteiger partial charge in [-0.1, -0.05) is 0 Å². The molecule has 0 unspecified atom stereocenters. The molecule has 0 saturated heterocycles. The molecule has 2 heterocycles. The van der Waals surface area contributed by atoms with Gasteiger partial charge in [-0.2, -0.15) is 13.2 Å². The molecule has 1 aliphatic carbocycles. The van der Waals surface area contributed by atoms with Crippen LogP contribution in [0.5, 0.6) is 0 Å². The van der Waals surface area contributed by atoms with Crippen molar-refractivity contribution in [3.63, 3.8) is 0 Å². The van der Waals surface area contributed by atoms with Gasteiger partial charge in [0, 0.05) is 43.3 Å². The number of ether oxygens (including phenoxy) is 1. The first kappa shape index (κ1) is 25.3. The number of hydrogen-bond donors (Lipinski definition) is 1. The molecule has 1 aromatic heterocycles. The largest absolute Gasteiger partial charge is 0.444 e. The fourth-order valence-corrected chi connectivity index (χ4v) is 5.58. The van der Waals surface area contributed by atoms with Crippen LogP contribution in [0.15, 0.2) is 0 Å². The van der Waals surface area contributed by atoms with E-state index in [-0.39, 0.29) is 18.6 Å². The number of aromatic nitrogens is 1. The number of thiazole rings is 1. The van der Waals surface area contributed by atoms with Crippen LogP contribution in [0.1, 0.15) is 74.9 Å². The van der Waals surface area contributed by atoms with Gasteiger partial charge in [0.1, 0.15) is 5.60 Å². The molecule has 1 amide bonds. The van der Waals surface area contributed by atoms with E-state index in [1.54, 1.807) is 0 Å². The van der Waals surface area contributed by atoms with Gasteiger partial charge in [0.15, 0.2) is 0 Å². The van der Waals surface area contributed by atoms with Crippen LogP contribution in [0.25, 0.3) is 0 Å². The van der Waals surface area contributed by atoms with Crippen LogP contribution in [0.4, 0.5) is 18.0 Å². The predicted octanol–water partition coefficient (Wildman–Crippen LogP) is 5.51. The maximum atomic E-state index is 12.5. The first-order valence-corrected chi connectivity index (χ1v) is 12.5. The Bertz CT molecular complexity index is 727. The van der Waals surface area contributed by atoms with Gasteiger partial charge in [-0.15, -0.1) is 11.3 Å². The van der Waals surface area contributed by atoms with Gasteiger partial charge in [-0.05, 0) is 71.8 Å². The molecule has 0 aromatic carbocycles. The number of alkyl halides is 3. The number of nitrogens with zero attached hydrogens (tertiary/aromatic N) is 2. The number of fused-ring (bicyclic) bond motifs is 1. The minimum absolute atomic E-state index is 0.00363. The Morgan fingerprint density at radius 2 is 1.84 bits per heavy atom. The third-order valence-electron chi connectivity index (χ3n) is 6.19. The number of hydrogen-bond acceptors (Lipinski definition) is 5. The number of halogens is 3. The molecule has 5 nitrogen and oxygen atoms in total. The summed E-state index contributed by atoms with van der Waals surface area (Å²) >= 11 is 1.46. The van der Waals surface area contributed by atoms with Crippen molar-refractivity contribution in [2.45, 2.75) is 96.4 Å². The van der Waals surface area contributed by atoms with Gasteiger partial charge in [0.05, 0.1) is 10.7 Å². The van der Waals surface area contributed by atoms with Crippen molar-refractivity contribution in [1.29, 1.82) is 0 Å². The van der Waals surface area contributed by atoms with Gasteiger partial charge in [0.25, 0.3) is 0 Å². The average Bonchev–Trinajstić information content (AvgIpc) is 2.97. The lowest BCUT2D eigenvalue weighted by atomic mass is 9.84. The lowest BCUT2D eigenvalue weighted by Gasteiger charge is -2.31. The number of amides is 1. The normalized spacial score (nSPS) is 22.8. The van der Waals surface area contributed by atoms with E-state index in [0.29, 0.717) is 10.9 Å². The smallest absolute Gasteiger partial charge is 0.407 e. The first-order chi connectivity index (χ1) is 15.0. The van der Waals surface area contributed by atoms with Crippen LogP contribution < -0.4 is 5.32 Å². The van der Waals surface area contributed by atoms with E-state index < -0.39 is 18.2 Å². The predicted molar refractivity (Wildman–Crippen MR) is 120 cm³/mol. The summed E-state index contributed by atoms with van der Waals surface area (Å²) < 4.78 is 42.7. The van der Waals surface area contributed by atoms with Crippen molar-refractivity contribution in [1.82, 2.24) is 15.2 Å². The number of alkyl carbamates (subject to hydrolysis) is 1. The molecular weight excluding hydrogens is 439 g/mol. The van der Waals surface area contributed by atoms with Crippen LogP contribution in [-0.4, -0.2) is 53.4 Å². The Morgan fingerprint density at radius 1 is 1.16 bits per heavy atom. The molecule has 2 aliphatic rings. The maximum absolute atomic E-state index is 12.5. The highest BCUT2D eigenvalue weighted by molar-refractivity contribution is 7.11. The van der Waals surface area contributed by atoms with E-state index in [9.17, 15) is 18.0 Å². The molecule has 0 spiro atoms. The highest BCUT2D eigenvalue weighted by Crippen LogP contribution is 2.29. The van der Waals surface area contributed by atoms with Crippen molar-refractivity contribution >= 4 is 17.4 Å². The number of carbonyl (C=O) groups excluding carboxylic acids is 1. The average molecular weight is 476 g/mol. The molecule has 9 heteroatoms. The molecule has 0 radical (unpaired) electrons. The third kappa shape index (κ3) is 8.54. The second kappa shape index (κ2) is 10.7. The van der Waals surface area contributed by atoms with Gasteiger partial charge >= 0.3 is 12.3 Å². The Morgan fingerprint density at radius 3 is 2.50 bits per heavy atom. The summed E-state index contributed by atoms with van der Waals surface area (Å²) in [5, 5.41) is 3.62. The van der Waals surface area contributed by atoms with Gasteiger partial charge in [-0.25, -0.2) is 9.78 Å². The van der Waals surface area contributed by atoms with Crippen molar-refractivity contribution in [2.75, 3.05) is 19.6 Å². The summed E-state index contributed by atoms with van der Waals surface area (Å²) in [6.45, 7) is 8.52. The summed E-state index contributed by atoms with van der Waals surface area (Å²) in [5.74, 6) is 0.677. The van der Waals surface area contributed by atoms with E-state index in [4.69, 9.17) is 4.74 Å². The molecule has 0 atom stereocenters. The van der Waals surface area contributed by atoms with Gasteiger partial charge < -0.3 is 15.0 Å². The number of carbonyl (C=O) groups is 1. The standard InChI is InChI=1S/C23H36F3N3O2S/c1-22(2,3)31-21(30)27-17-6-4-16(5-7-17)9-13-29-14-10-18-19(11-15-29)32-20(28-18)8-12-23(24,25)26/h16-17H,4-15H2,1-3H3,(H,27,30). The number of nitrogens with one attached hydrogen (secondary N) is 1. The van der Waals surface area contributed by atoms with Crippen LogP contribution in [0.2, 0.25) is 0 Å². The number of rotatable bonds is 6. The Balaban J connectivity index is 1.35. The highest BCUT2D eigenvalue weighted by atomic mass is 32.1. The molecule has 3 rings (SSSR count). The summed E-state index contributed by atoms with van der Waals surface area (Å²) in [7, 11) is 0. The second-order valence-electron chi connectivity index (χ2n) is 10.1. The van der Waals surface area contributed by atoms with E-state index in [0.717, 1.165) is 70.3 Å². The maximum Gasteiger partial charge on any atom is 0.407 e. The molecule has 32 heavy (non-hydrogen) atoms. The quantitative estimate of drug-likeness (QED) is 0.589. The lowest BCUT2D eigenvalue weighted by molar-refractivity contribution is -0.134. The molecule has 0 bridgehead atoms. The summed E-state index contributed by atoms with van der Waals surface area (Å²) in [4.78, 5) is 20.1. The van der Waals surface area contributed by atoms with Gasteiger partial charge in [0.2, 0.25) is 0 Å². The fourth-order valence-electron chi connectivity index (χ4n) is 4.48. The lowest BCUT2D eigenvalue weighted by Crippen LogP contribution is -2.41. The van der Waals surface area contributed by atoms with Crippen LogP contribution in [0.3, 0.4) is 0 Å². The SMILES string of the molecule is CC(C)(C)OC(=O)NC1CCC(CCN2CCc3nc(CCC(F)(F)F)sc3CC2)CC1. The monoisotopic (exact) mass is 475 g/mol. The summed E-state index contributed by atoms with van der Waals surface area (Å²) in [5.41, 5.74) is 0.529. The van der Waals surface area contributed by atoms with Crippen molar-refractivity contribution in [2.24, 2.45) is 5.92 Å². The molecule has 1 N–H and O–H groups in total. The van der Waals surface area contributed by atoms with Crippen molar-refractivity contribution in [3.05, 3.63) is 15.6 Å². The Kier molecular flexibility index (Phi) is 8.47.